The van der Waals surface area contributed by atoms with Gasteiger partial charge >= 0.3 is 5.97 Å². The Morgan fingerprint density at radius 1 is 1.12 bits per heavy atom. The van der Waals surface area contributed by atoms with Crippen molar-refractivity contribution in [2.45, 2.75) is 25.2 Å². The third-order valence-electron chi connectivity index (χ3n) is 4.87. The monoisotopic (exact) mass is 347 g/mol. The molecule has 0 saturated heterocycles. The van der Waals surface area contributed by atoms with Gasteiger partial charge in [0.15, 0.2) is 0 Å². The molecule has 132 valence electrons. The summed E-state index contributed by atoms with van der Waals surface area (Å²) in [6.45, 7) is 0. The highest BCUT2D eigenvalue weighted by molar-refractivity contribution is 6.05. The molecule has 1 saturated carbocycles. The van der Waals surface area contributed by atoms with Crippen molar-refractivity contribution in [2.75, 3.05) is 12.4 Å². The second-order valence-electron chi connectivity index (χ2n) is 6.46. The van der Waals surface area contributed by atoms with Crippen molar-refractivity contribution in [1.82, 2.24) is 0 Å². The summed E-state index contributed by atoms with van der Waals surface area (Å²) in [6, 6.07) is 14.3. The first-order chi connectivity index (χ1) is 12.6. The van der Waals surface area contributed by atoms with Crippen LogP contribution in [0.5, 0.6) is 0 Å². The van der Waals surface area contributed by atoms with Crippen molar-refractivity contribution in [2.24, 2.45) is 5.92 Å². The Labute approximate surface area is 153 Å². The number of nitrogens with one attached hydrogen (secondary N) is 1. The van der Waals surface area contributed by atoms with E-state index in [-0.39, 0.29) is 5.91 Å². The summed E-state index contributed by atoms with van der Waals surface area (Å²) in [5.41, 5.74) is 2.67. The Morgan fingerprint density at radius 3 is 2.54 bits per heavy atom. The van der Waals surface area contributed by atoms with Crippen molar-refractivity contribution < 1.29 is 14.3 Å². The van der Waals surface area contributed by atoms with Crippen molar-refractivity contribution >= 4 is 17.6 Å². The summed E-state index contributed by atoms with van der Waals surface area (Å²) in [7, 11) is 1.31. The molecule has 4 heteroatoms. The average molecular weight is 347 g/mol. The number of methoxy groups -OCH3 is 1. The molecule has 0 radical (unpaired) electrons. The Bertz CT molecular complexity index is 848. The van der Waals surface area contributed by atoms with E-state index < -0.39 is 5.97 Å². The minimum atomic E-state index is -0.469. The lowest BCUT2D eigenvalue weighted by Crippen LogP contribution is -2.13. The lowest BCUT2D eigenvalue weighted by atomic mass is 9.89. The first-order valence-electron chi connectivity index (χ1n) is 8.68. The van der Waals surface area contributed by atoms with Gasteiger partial charge in [-0.05, 0) is 54.7 Å². The Morgan fingerprint density at radius 2 is 1.85 bits per heavy atom. The predicted octanol–water partition coefficient (Wildman–Crippen LogP) is 4.24. The van der Waals surface area contributed by atoms with Crippen LogP contribution in [0, 0.1) is 18.3 Å². The smallest absolute Gasteiger partial charge is 0.337 e. The van der Waals surface area contributed by atoms with Gasteiger partial charge in [-0.1, -0.05) is 24.6 Å². The Balaban J connectivity index is 1.70. The summed E-state index contributed by atoms with van der Waals surface area (Å²) >= 11 is 0. The van der Waals surface area contributed by atoms with Crippen LogP contribution < -0.4 is 5.32 Å². The number of benzene rings is 2. The molecular formula is C22H21NO3. The summed E-state index contributed by atoms with van der Waals surface area (Å²) in [5.74, 6) is 2.86. The molecule has 4 nitrogen and oxygen atoms in total. The summed E-state index contributed by atoms with van der Waals surface area (Å²) < 4.78 is 4.68. The normalized spacial score (nSPS) is 18.8. The number of anilines is 1. The second-order valence-corrected chi connectivity index (χ2v) is 6.46. The molecule has 0 aromatic heterocycles. The van der Waals surface area contributed by atoms with Crippen molar-refractivity contribution in [3.8, 4) is 12.3 Å². The number of ether oxygens (including phenoxy) is 1. The quantitative estimate of drug-likeness (QED) is 0.665. The van der Waals surface area contributed by atoms with Crippen molar-refractivity contribution in [1.29, 1.82) is 0 Å². The molecule has 2 atom stereocenters. The zero-order valence-electron chi connectivity index (χ0n) is 14.7. The standard InChI is InChI=1S/C22H21NO3/c1-3-15-6-5-9-20(15)16-10-12-19(13-11-16)23-21(24)17-7-4-8-18(14-17)22(25)26-2/h1,4,7-8,10-15,20H,5-6,9H2,2H3,(H,23,24)/t15-,20+/m1/s1. The second kappa shape index (κ2) is 7.88. The molecule has 26 heavy (non-hydrogen) atoms. The van der Waals surface area contributed by atoms with Crippen LogP contribution in [0.3, 0.4) is 0 Å². The summed E-state index contributed by atoms with van der Waals surface area (Å²) in [4.78, 5) is 24.0. The maximum atomic E-state index is 12.4. The first-order valence-corrected chi connectivity index (χ1v) is 8.68. The molecule has 1 aliphatic rings. The topological polar surface area (TPSA) is 55.4 Å². The number of esters is 1. The van der Waals surface area contributed by atoms with Crippen LogP contribution in [0.2, 0.25) is 0 Å². The molecule has 0 heterocycles. The zero-order chi connectivity index (χ0) is 18.5. The van der Waals surface area contributed by atoms with Crippen LogP contribution in [0.15, 0.2) is 48.5 Å². The van der Waals surface area contributed by atoms with Crippen LogP contribution >= 0.6 is 0 Å². The zero-order valence-corrected chi connectivity index (χ0v) is 14.7. The molecule has 0 spiro atoms. The van der Waals surface area contributed by atoms with Gasteiger partial charge in [-0.25, -0.2) is 4.79 Å². The van der Waals surface area contributed by atoms with Gasteiger partial charge < -0.3 is 10.1 Å². The summed E-state index contributed by atoms with van der Waals surface area (Å²) in [6.07, 6.45) is 8.98. The first kappa shape index (κ1) is 17.8. The molecule has 2 aromatic carbocycles. The molecular weight excluding hydrogens is 326 g/mol. The van der Waals surface area contributed by atoms with E-state index in [0.717, 1.165) is 19.3 Å². The maximum Gasteiger partial charge on any atom is 0.337 e. The highest BCUT2D eigenvalue weighted by Crippen LogP contribution is 2.39. The molecule has 3 rings (SSSR count). The van der Waals surface area contributed by atoms with Gasteiger partial charge in [-0.3, -0.25) is 4.79 Å². The number of carbonyl (C=O) groups excluding carboxylic acids is 2. The highest BCUT2D eigenvalue weighted by atomic mass is 16.5. The van der Waals surface area contributed by atoms with Gasteiger partial charge in [0, 0.05) is 17.2 Å². The number of hydrogen-bond acceptors (Lipinski definition) is 3. The van der Waals surface area contributed by atoms with Gasteiger partial charge in [0.25, 0.3) is 5.91 Å². The van der Waals surface area contributed by atoms with E-state index in [1.54, 1.807) is 18.2 Å². The Hall–Kier alpha value is -3.06. The lowest BCUT2D eigenvalue weighted by Gasteiger charge is -2.15. The molecule has 0 unspecified atom stereocenters. The molecule has 1 fully saturated rings. The fourth-order valence-corrected chi connectivity index (χ4v) is 3.48. The minimum Gasteiger partial charge on any atom is -0.465 e. The molecule has 1 amide bonds. The predicted molar refractivity (Wildman–Crippen MR) is 101 cm³/mol. The fourth-order valence-electron chi connectivity index (χ4n) is 3.48. The molecule has 2 aromatic rings. The van der Waals surface area contributed by atoms with E-state index in [0.29, 0.717) is 28.7 Å². The van der Waals surface area contributed by atoms with Crippen LogP contribution in [0.4, 0.5) is 5.69 Å². The van der Waals surface area contributed by atoms with Gasteiger partial charge in [-0.2, -0.15) is 0 Å². The van der Waals surface area contributed by atoms with E-state index in [4.69, 9.17) is 6.42 Å². The molecule has 1 aliphatic carbocycles. The van der Waals surface area contributed by atoms with Crippen molar-refractivity contribution in [3.05, 3.63) is 65.2 Å². The third kappa shape index (κ3) is 3.78. The highest BCUT2D eigenvalue weighted by Gasteiger charge is 2.26. The van der Waals surface area contributed by atoms with E-state index in [1.165, 1.54) is 18.7 Å². The SMILES string of the molecule is C#C[C@@H]1CCC[C@@H]1c1ccc(NC(=O)c2cccc(C(=O)OC)c2)cc1. The largest absolute Gasteiger partial charge is 0.465 e. The van der Waals surface area contributed by atoms with Gasteiger partial charge in [-0.15, -0.1) is 12.3 Å². The summed E-state index contributed by atoms with van der Waals surface area (Å²) in [5, 5.41) is 2.85. The minimum absolute atomic E-state index is 0.272. The van der Waals surface area contributed by atoms with Crippen LogP contribution in [0.25, 0.3) is 0 Å². The number of amides is 1. The molecule has 0 bridgehead atoms. The molecule has 0 aliphatic heterocycles. The van der Waals surface area contributed by atoms with Crippen LogP contribution in [0.1, 0.15) is 51.5 Å². The van der Waals surface area contributed by atoms with E-state index in [9.17, 15) is 9.59 Å². The third-order valence-corrected chi connectivity index (χ3v) is 4.87. The van der Waals surface area contributed by atoms with Gasteiger partial charge in [0.05, 0.1) is 12.7 Å². The number of rotatable bonds is 4. The van der Waals surface area contributed by atoms with Crippen molar-refractivity contribution in [3.63, 3.8) is 0 Å². The number of hydrogen-bond donors (Lipinski definition) is 1. The lowest BCUT2D eigenvalue weighted by molar-refractivity contribution is 0.0600. The van der Waals surface area contributed by atoms with E-state index >= 15 is 0 Å². The van der Waals surface area contributed by atoms with E-state index in [1.807, 2.05) is 24.3 Å². The van der Waals surface area contributed by atoms with E-state index in [2.05, 4.69) is 16.0 Å². The van der Waals surface area contributed by atoms with Gasteiger partial charge in [0.2, 0.25) is 0 Å². The fraction of sp³-hybridized carbons (Fsp3) is 0.273. The average Bonchev–Trinajstić information content (AvgIpc) is 3.17. The van der Waals surface area contributed by atoms with Crippen LogP contribution in [-0.2, 0) is 4.74 Å². The molecule has 1 N–H and O–H groups in total. The Kier molecular flexibility index (Phi) is 5.38. The number of carbonyl (C=O) groups is 2. The van der Waals surface area contributed by atoms with Gasteiger partial charge in [0.1, 0.15) is 0 Å². The van der Waals surface area contributed by atoms with Crippen LogP contribution in [-0.4, -0.2) is 19.0 Å². The number of terminal acetylenes is 1. The maximum absolute atomic E-state index is 12.4.